The second-order valence-corrected chi connectivity index (χ2v) is 10.4. The molecule has 0 saturated carbocycles. The zero-order chi connectivity index (χ0) is 32.1. The van der Waals surface area contributed by atoms with E-state index in [0.717, 1.165) is 22.3 Å². The van der Waals surface area contributed by atoms with Gasteiger partial charge in [-0.2, -0.15) is 0 Å². The third kappa shape index (κ3) is 7.51. The van der Waals surface area contributed by atoms with Crippen LogP contribution in [0.25, 0.3) is 12.2 Å². The van der Waals surface area contributed by atoms with Gasteiger partial charge in [0.25, 0.3) is 0 Å². The fraction of sp³-hybridized carbons (Fsp3) is 0.194. The first kappa shape index (κ1) is 30.9. The Bertz CT molecular complexity index is 1720. The average molecular weight is 609 g/mol. The number of carbonyl (C=O) groups excluding carboxylic acids is 3. The molecule has 0 aromatic heterocycles. The first-order chi connectivity index (χ1) is 21.6. The molecule has 45 heavy (non-hydrogen) atoms. The Morgan fingerprint density at radius 1 is 0.578 bits per heavy atom. The maximum Gasteiger partial charge on any atom is 0.308 e. The van der Waals surface area contributed by atoms with Crippen molar-refractivity contribution in [3.63, 3.8) is 0 Å². The van der Waals surface area contributed by atoms with E-state index in [9.17, 15) is 14.4 Å². The Kier molecular flexibility index (Phi) is 9.18. The standard InChI is InChI=1S/C36H32O9/c1-21(37)42-28-11-9-26(10-12-28)36-35(27-17-31(43-22(2)38)20-32(18-27)44-23(3)39)33-16-24(8-13-34(33)45-36)6-7-25-14-29(40-4)19-30(15-25)41-5/h6-20,35-36H,1-5H3/b7-6+/t35?,36-/m0/s1. The maximum absolute atomic E-state index is 11.9. The van der Waals surface area contributed by atoms with E-state index >= 15 is 0 Å². The minimum atomic E-state index is -0.511. The van der Waals surface area contributed by atoms with Gasteiger partial charge in [0.15, 0.2) is 0 Å². The van der Waals surface area contributed by atoms with Crippen molar-refractivity contribution in [3.8, 4) is 34.5 Å². The van der Waals surface area contributed by atoms with Crippen LogP contribution >= 0.6 is 0 Å². The molecule has 0 amide bonds. The van der Waals surface area contributed by atoms with Gasteiger partial charge in [-0.05, 0) is 70.8 Å². The van der Waals surface area contributed by atoms with E-state index < -0.39 is 29.9 Å². The van der Waals surface area contributed by atoms with Crippen LogP contribution in [0.1, 0.15) is 60.6 Å². The summed E-state index contributed by atoms with van der Waals surface area (Å²) in [5.74, 6) is 1.06. The SMILES string of the molecule is COc1cc(/C=C/c2ccc3c(c2)C(c2cc(OC(C)=O)cc(OC(C)=O)c2)[C@H](c2ccc(OC(C)=O)cc2)O3)cc(OC)c1. The maximum atomic E-state index is 11.9. The molecule has 0 fully saturated rings. The van der Waals surface area contributed by atoms with Gasteiger partial charge in [0.05, 0.1) is 20.1 Å². The van der Waals surface area contributed by atoms with Crippen LogP contribution in [0.4, 0.5) is 0 Å². The lowest BCUT2D eigenvalue weighted by molar-refractivity contribution is -0.133. The molecule has 0 spiro atoms. The predicted molar refractivity (Wildman–Crippen MR) is 167 cm³/mol. The van der Waals surface area contributed by atoms with Crippen LogP contribution < -0.4 is 28.4 Å². The van der Waals surface area contributed by atoms with E-state index in [2.05, 4.69) is 0 Å². The Balaban J connectivity index is 1.59. The molecule has 4 aromatic carbocycles. The first-order valence-electron chi connectivity index (χ1n) is 14.1. The molecule has 0 N–H and O–H groups in total. The van der Waals surface area contributed by atoms with Crippen LogP contribution in [0, 0.1) is 0 Å². The van der Waals surface area contributed by atoms with Gasteiger partial charge in [-0.3, -0.25) is 14.4 Å². The summed E-state index contributed by atoms with van der Waals surface area (Å²) in [6.07, 6.45) is 3.43. The minimum absolute atomic E-state index is 0.233. The van der Waals surface area contributed by atoms with Gasteiger partial charge in [0.2, 0.25) is 0 Å². The fourth-order valence-corrected chi connectivity index (χ4v) is 5.24. The molecule has 9 heteroatoms. The Labute approximate surface area is 260 Å². The summed E-state index contributed by atoms with van der Waals surface area (Å²) >= 11 is 0. The van der Waals surface area contributed by atoms with Gasteiger partial charge in [0, 0.05) is 38.5 Å². The van der Waals surface area contributed by atoms with Gasteiger partial charge >= 0.3 is 17.9 Å². The molecule has 1 heterocycles. The quantitative estimate of drug-likeness (QED) is 0.114. The molecule has 5 rings (SSSR count). The highest BCUT2D eigenvalue weighted by atomic mass is 16.5. The molecule has 230 valence electrons. The van der Waals surface area contributed by atoms with E-state index in [1.54, 1.807) is 38.5 Å². The van der Waals surface area contributed by atoms with Crippen molar-refractivity contribution >= 4 is 30.1 Å². The van der Waals surface area contributed by atoms with Crippen LogP contribution in [0.2, 0.25) is 0 Å². The molecule has 0 radical (unpaired) electrons. The third-order valence-electron chi connectivity index (χ3n) is 7.02. The predicted octanol–water partition coefficient (Wildman–Crippen LogP) is 6.92. The summed E-state index contributed by atoms with van der Waals surface area (Å²) in [6.45, 7) is 3.95. The van der Waals surface area contributed by atoms with E-state index in [4.69, 9.17) is 28.4 Å². The number of esters is 3. The second kappa shape index (κ2) is 13.4. The van der Waals surface area contributed by atoms with Crippen molar-refractivity contribution in [2.45, 2.75) is 32.8 Å². The summed E-state index contributed by atoms with van der Waals surface area (Å²) in [7, 11) is 3.21. The highest BCUT2D eigenvalue weighted by Crippen LogP contribution is 2.51. The lowest BCUT2D eigenvalue weighted by Gasteiger charge is -2.21. The normalized spacial score (nSPS) is 15.1. The van der Waals surface area contributed by atoms with E-state index in [1.165, 1.54) is 26.8 Å². The number of hydrogen-bond donors (Lipinski definition) is 0. The molecule has 1 unspecified atom stereocenters. The Morgan fingerprint density at radius 2 is 1.11 bits per heavy atom. The average Bonchev–Trinajstić information content (AvgIpc) is 3.38. The van der Waals surface area contributed by atoms with Crippen molar-refractivity contribution in [2.24, 2.45) is 0 Å². The topological polar surface area (TPSA) is 107 Å². The number of methoxy groups -OCH3 is 2. The summed E-state index contributed by atoms with van der Waals surface area (Å²) in [5, 5.41) is 0. The third-order valence-corrected chi connectivity index (χ3v) is 7.02. The molecule has 0 aliphatic carbocycles. The number of fused-ring (bicyclic) bond motifs is 1. The van der Waals surface area contributed by atoms with E-state index in [0.29, 0.717) is 28.6 Å². The molecule has 2 atom stereocenters. The molecule has 1 aliphatic rings. The number of hydrogen-bond acceptors (Lipinski definition) is 9. The molecule has 1 aliphatic heterocycles. The lowest BCUT2D eigenvalue weighted by atomic mass is 9.84. The highest BCUT2D eigenvalue weighted by molar-refractivity contribution is 5.74. The van der Waals surface area contributed by atoms with Crippen molar-refractivity contribution in [1.29, 1.82) is 0 Å². The Hall–Kier alpha value is -5.57. The Morgan fingerprint density at radius 3 is 1.67 bits per heavy atom. The molecular weight excluding hydrogens is 576 g/mol. The smallest absolute Gasteiger partial charge is 0.308 e. The van der Waals surface area contributed by atoms with Crippen LogP contribution in [-0.4, -0.2) is 32.1 Å². The summed E-state index contributed by atoms with van der Waals surface area (Å²) in [4.78, 5) is 35.2. The van der Waals surface area contributed by atoms with Crippen LogP contribution in [-0.2, 0) is 14.4 Å². The fourth-order valence-electron chi connectivity index (χ4n) is 5.24. The van der Waals surface area contributed by atoms with Crippen LogP contribution in [0.3, 0.4) is 0 Å². The van der Waals surface area contributed by atoms with Crippen molar-refractivity contribution in [3.05, 3.63) is 107 Å². The van der Waals surface area contributed by atoms with Gasteiger partial charge in [-0.15, -0.1) is 0 Å². The molecule has 4 aromatic rings. The van der Waals surface area contributed by atoms with Crippen LogP contribution in [0.15, 0.2) is 78.9 Å². The van der Waals surface area contributed by atoms with Gasteiger partial charge in [-0.25, -0.2) is 0 Å². The summed E-state index contributed by atoms with van der Waals surface area (Å²) in [5.41, 5.74) is 4.20. The molecular formula is C36H32O9. The lowest BCUT2D eigenvalue weighted by Crippen LogP contribution is -2.13. The molecule has 0 bridgehead atoms. The van der Waals surface area contributed by atoms with Gasteiger partial charge < -0.3 is 28.4 Å². The largest absolute Gasteiger partial charge is 0.497 e. The number of ether oxygens (including phenoxy) is 6. The molecule has 9 nitrogen and oxygen atoms in total. The van der Waals surface area contributed by atoms with Crippen molar-refractivity contribution in [2.75, 3.05) is 14.2 Å². The van der Waals surface area contributed by atoms with Gasteiger partial charge in [-0.1, -0.05) is 30.4 Å². The number of benzene rings is 4. The number of carbonyl (C=O) groups is 3. The number of rotatable bonds is 9. The van der Waals surface area contributed by atoms with Crippen molar-refractivity contribution < 1.29 is 42.8 Å². The van der Waals surface area contributed by atoms with Crippen molar-refractivity contribution in [1.82, 2.24) is 0 Å². The monoisotopic (exact) mass is 608 g/mol. The zero-order valence-electron chi connectivity index (χ0n) is 25.5. The molecule has 0 saturated heterocycles. The van der Waals surface area contributed by atoms with Crippen LogP contribution in [0.5, 0.6) is 34.5 Å². The minimum Gasteiger partial charge on any atom is -0.497 e. The summed E-state index contributed by atoms with van der Waals surface area (Å²) in [6, 6.07) is 23.6. The second-order valence-electron chi connectivity index (χ2n) is 10.4. The zero-order valence-corrected chi connectivity index (χ0v) is 25.5. The first-order valence-corrected chi connectivity index (χ1v) is 14.1. The van der Waals surface area contributed by atoms with E-state index in [-0.39, 0.29) is 11.5 Å². The highest BCUT2D eigenvalue weighted by Gasteiger charge is 2.37. The van der Waals surface area contributed by atoms with Gasteiger partial charge in [0.1, 0.15) is 40.6 Å². The van der Waals surface area contributed by atoms with E-state index in [1.807, 2.05) is 60.7 Å². The summed E-state index contributed by atoms with van der Waals surface area (Å²) < 4.78 is 33.4.